The smallest absolute Gasteiger partial charge is 0.117 e. The van der Waals surface area contributed by atoms with E-state index in [0.29, 0.717) is 0 Å². The average Bonchev–Trinajstić information content (AvgIpc) is 3.16. The largest absolute Gasteiger partial charge is 0.311 e. The fourth-order valence-electron chi connectivity index (χ4n) is 2.33. The Hall–Kier alpha value is -1.68. The molecule has 0 bridgehead atoms. The van der Waals surface area contributed by atoms with Crippen LogP contribution in [0.5, 0.6) is 0 Å². The minimum absolute atomic E-state index is 0.783. The Morgan fingerprint density at radius 3 is 2.79 bits per heavy atom. The summed E-state index contributed by atoms with van der Waals surface area (Å²) in [4.78, 5) is 0. The molecule has 1 fully saturated rings. The summed E-state index contributed by atoms with van der Waals surface area (Å²) in [6.07, 6.45) is 5.53. The first-order valence-corrected chi connectivity index (χ1v) is 7.09. The first-order chi connectivity index (χ1) is 9.43. The van der Waals surface area contributed by atoms with Crippen LogP contribution in [0.4, 0.5) is 0 Å². The van der Waals surface area contributed by atoms with Crippen molar-refractivity contribution in [3.63, 3.8) is 0 Å². The second-order valence-corrected chi connectivity index (χ2v) is 5.25. The molecule has 0 aliphatic heterocycles. The van der Waals surface area contributed by atoms with Gasteiger partial charge in [-0.15, -0.1) is 0 Å². The Balaban J connectivity index is 1.51. The van der Waals surface area contributed by atoms with Gasteiger partial charge in [-0.2, -0.15) is 15.4 Å². The molecular weight excluding hydrogens is 236 g/mol. The summed E-state index contributed by atoms with van der Waals surface area (Å²) in [6, 6.07) is 10.2. The molecule has 0 unspecified atom stereocenters. The van der Waals surface area contributed by atoms with Gasteiger partial charge in [0.15, 0.2) is 0 Å². The van der Waals surface area contributed by atoms with Crippen LogP contribution in [0.25, 0.3) is 11.3 Å². The van der Waals surface area contributed by atoms with E-state index in [2.05, 4.69) is 32.9 Å². The second kappa shape index (κ2) is 5.97. The van der Waals surface area contributed by atoms with Gasteiger partial charge in [-0.1, -0.05) is 43.2 Å². The average molecular weight is 256 g/mol. The fraction of sp³-hybridized carbons (Fsp3) is 0.467. The summed E-state index contributed by atoms with van der Waals surface area (Å²) in [7, 11) is 0. The number of hydrogen-bond donors (Lipinski definition) is 2. The topological polar surface area (TPSA) is 53.6 Å². The number of benzene rings is 1. The van der Waals surface area contributed by atoms with Crippen molar-refractivity contribution in [3.05, 3.63) is 36.0 Å². The Morgan fingerprint density at radius 2 is 2.00 bits per heavy atom. The summed E-state index contributed by atoms with van der Waals surface area (Å²) >= 11 is 0. The molecule has 0 radical (unpaired) electrons. The third-order valence-corrected chi connectivity index (χ3v) is 3.62. The molecule has 2 aromatic rings. The van der Waals surface area contributed by atoms with Crippen LogP contribution in [-0.4, -0.2) is 22.0 Å². The van der Waals surface area contributed by atoms with Crippen LogP contribution in [-0.2, 0) is 6.54 Å². The molecule has 0 saturated heterocycles. The molecule has 0 spiro atoms. The van der Waals surface area contributed by atoms with E-state index in [-0.39, 0.29) is 0 Å². The molecular formula is C15H20N4. The maximum absolute atomic E-state index is 4.25. The highest BCUT2D eigenvalue weighted by Crippen LogP contribution is 2.33. The standard InChI is InChI=1S/C15H20N4/c1-2-6-13(7-3-1)15-14(17-19-18-15)11-16-10-4-5-12-8-9-12/h1-3,6-7,12,16H,4-5,8-11H2,(H,17,18,19). The van der Waals surface area contributed by atoms with Crippen LogP contribution >= 0.6 is 0 Å². The van der Waals surface area contributed by atoms with Gasteiger partial charge < -0.3 is 5.32 Å². The SMILES string of the molecule is c1ccc(-c2n[nH]nc2CNCCCC2CC2)cc1. The predicted octanol–water partition coefficient (Wildman–Crippen LogP) is 2.75. The zero-order valence-corrected chi connectivity index (χ0v) is 11.1. The van der Waals surface area contributed by atoms with Crippen molar-refractivity contribution in [2.45, 2.75) is 32.2 Å². The minimum Gasteiger partial charge on any atom is -0.311 e. The fourth-order valence-corrected chi connectivity index (χ4v) is 2.33. The normalized spacial score (nSPS) is 14.7. The van der Waals surface area contributed by atoms with E-state index < -0.39 is 0 Å². The molecule has 3 rings (SSSR count). The summed E-state index contributed by atoms with van der Waals surface area (Å²) in [5, 5.41) is 14.7. The lowest BCUT2D eigenvalue weighted by Crippen LogP contribution is -2.15. The highest BCUT2D eigenvalue weighted by atomic mass is 15.3. The van der Waals surface area contributed by atoms with Crippen molar-refractivity contribution < 1.29 is 0 Å². The van der Waals surface area contributed by atoms with Crippen LogP contribution in [0.3, 0.4) is 0 Å². The van der Waals surface area contributed by atoms with Crippen molar-refractivity contribution in [2.24, 2.45) is 5.92 Å². The van der Waals surface area contributed by atoms with Crippen molar-refractivity contribution in [2.75, 3.05) is 6.54 Å². The van der Waals surface area contributed by atoms with Crippen LogP contribution in [0.2, 0.25) is 0 Å². The minimum atomic E-state index is 0.783. The Labute approximate surface area is 113 Å². The van der Waals surface area contributed by atoms with Gasteiger partial charge in [0.05, 0.1) is 0 Å². The van der Waals surface area contributed by atoms with E-state index >= 15 is 0 Å². The molecule has 1 aromatic carbocycles. The van der Waals surface area contributed by atoms with E-state index in [4.69, 9.17) is 0 Å². The monoisotopic (exact) mass is 256 g/mol. The van der Waals surface area contributed by atoms with E-state index in [1.807, 2.05) is 18.2 Å². The van der Waals surface area contributed by atoms with Crippen LogP contribution < -0.4 is 5.32 Å². The number of rotatable bonds is 7. The van der Waals surface area contributed by atoms with Crippen molar-refractivity contribution >= 4 is 0 Å². The number of aromatic nitrogens is 3. The Morgan fingerprint density at radius 1 is 1.16 bits per heavy atom. The zero-order valence-electron chi connectivity index (χ0n) is 11.1. The van der Waals surface area contributed by atoms with Gasteiger partial charge in [-0.05, 0) is 25.3 Å². The molecule has 1 heterocycles. The quantitative estimate of drug-likeness (QED) is 0.749. The van der Waals surface area contributed by atoms with Gasteiger partial charge in [-0.25, -0.2) is 0 Å². The Bertz CT molecular complexity index is 502. The number of nitrogens with one attached hydrogen (secondary N) is 2. The van der Waals surface area contributed by atoms with E-state index in [9.17, 15) is 0 Å². The third kappa shape index (κ3) is 3.41. The molecule has 0 amide bonds. The summed E-state index contributed by atoms with van der Waals surface area (Å²) in [6.45, 7) is 1.85. The number of hydrogen-bond acceptors (Lipinski definition) is 3. The summed E-state index contributed by atoms with van der Waals surface area (Å²) < 4.78 is 0. The third-order valence-electron chi connectivity index (χ3n) is 3.62. The maximum Gasteiger partial charge on any atom is 0.117 e. The molecule has 4 nitrogen and oxygen atoms in total. The van der Waals surface area contributed by atoms with Gasteiger partial charge >= 0.3 is 0 Å². The van der Waals surface area contributed by atoms with Crippen LogP contribution in [0.15, 0.2) is 30.3 Å². The molecule has 100 valence electrons. The van der Waals surface area contributed by atoms with Crippen LogP contribution in [0, 0.1) is 5.92 Å². The number of nitrogens with zero attached hydrogens (tertiary/aromatic N) is 2. The summed E-state index contributed by atoms with van der Waals surface area (Å²) in [5.74, 6) is 1.02. The molecule has 1 aliphatic carbocycles. The lowest BCUT2D eigenvalue weighted by Gasteiger charge is -2.04. The van der Waals surface area contributed by atoms with Crippen molar-refractivity contribution in [1.29, 1.82) is 0 Å². The van der Waals surface area contributed by atoms with Gasteiger partial charge in [0.1, 0.15) is 11.4 Å². The zero-order chi connectivity index (χ0) is 12.9. The van der Waals surface area contributed by atoms with E-state index in [1.54, 1.807) is 0 Å². The number of aromatic amines is 1. The van der Waals surface area contributed by atoms with Crippen molar-refractivity contribution in [1.82, 2.24) is 20.7 Å². The number of H-pyrrole nitrogens is 1. The van der Waals surface area contributed by atoms with Crippen molar-refractivity contribution in [3.8, 4) is 11.3 Å². The van der Waals surface area contributed by atoms with E-state index in [0.717, 1.165) is 36.0 Å². The summed E-state index contributed by atoms with van der Waals surface area (Å²) in [5.41, 5.74) is 3.07. The molecule has 1 saturated carbocycles. The lowest BCUT2D eigenvalue weighted by molar-refractivity contribution is 0.589. The van der Waals surface area contributed by atoms with Gasteiger partial charge in [0.2, 0.25) is 0 Å². The highest BCUT2D eigenvalue weighted by molar-refractivity contribution is 5.60. The molecule has 1 aliphatic rings. The van der Waals surface area contributed by atoms with Gasteiger partial charge in [-0.3, -0.25) is 0 Å². The molecule has 1 aromatic heterocycles. The predicted molar refractivity (Wildman–Crippen MR) is 75.5 cm³/mol. The van der Waals surface area contributed by atoms with Crippen LogP contribution in [0.1, 0.15) is 31.4 Å². The molecule has 2 N–H and O–H groups in total. The highest BCUT2D eigenvalue weighted by Gasteiger charge is 2.19. The second-order valence-electron chi connectivity index (χ2n) is 5.25. The molecule has 0 atom stereocenters. The molecule has 19 heavy (non-hydrogen) atoms. The lowest BCUT2D eigenvalue weighted by atomic mass is 10.1. The van der Waals surface area contributed by atoms with Gasteiger partial charge in [0, 0.05) is 12.1 Å². The van der Waals surface area contributed by atoms with Gasteiger partial charge in [0.25, 0.3) is 0 Å². The first-order valence-electron chi connectivity index (χ1n) is 7.09. The first kappa shape index (κ1) is 12.4. The van der Waals surface area contributed by atoms with E-state index in [1.165, 1.54) is 25.7 Å². The Kier molecular flexibility index (Phi) is 3.89. The maximum atomic E-state index is 4.25. The molecule has 4 heteroatoms.